The van der Waals surface area contributed by atoms with Crippen LogP contribution < -0.4 is 5.73 Å². The van der Waals surface area contributed by atoms with Crippen molar-refractivity contribution >= 4 is 5.91 Å². The standard InChI is InChI=1S/C13H24N2O2/c14-13(6-2-1-3-7-13)9-12(17)15-8-4-5-11(15)10-16/h11,16H,1-10,14H2. The molecule has 1 unspecified atom stereocenters. The molecule has 1 aliphatic carbocycles. The quantitative estimate of drug-likeness (QED) is 0.774. The zero-order chi connectivity index (χ0) is 12.3. The van der Waals surface area contributed by atoms with Crippen LogP contribution in [0, 0.1) is 0 Å². The van der Waals surface area contributed by atoms with Crippen LogP contribution in [0.4, 0.5) is 0 Å². The second kappa shape index (κ2) is 5.36. The molecule has 2 fully saturated rings. The highest BCUT2D eigenvalue weighted by Crippen LogP contribution is 2.30. The van der Waals surface area contributed by atoms with Gasteiger partial charge < -0.3 is 15.7 Å². The predicted octanol–water partition coefficient (Wildman–Crippen LogP) is 1.02. The highest BCUT2D eigenvalue weighted by Gasteiger charge is 2.35. The Labute approximate surface area is 103 Å². The Morgan fingerprint density at radius 2 is 2.00 bits per heavy atom. The van der Waals surface area contributed by atoms with Crippen molar-refractivity contribution < 1.29 is 9.90 Å². The largest absolute Gasteiger partial charge is 0.394 e. The third-order valence-corrected chi connectivity index (χ3v) is 4.26. The topological polar surface area (TPSA) is 66.6 Å². The van der Waals surface area contributed by atoms with Crippen LogP contribution in [0.2, 0.25) is 0 Å². The molecule has 1 saturated heterocycles. The van der Waals surface area contributed by atoms with E-state index >= 15 is 0 Å². The normalized spacial score (nSPS) is 28.4. The van der Waals surface area contributed by atoms with Gasteiger partial charge in [0.25, 0.3) is 0 Å². The molecule has 2 aliphatic rings. The van der Waals surface area contributed by atoms with Crippen LogP contribution in [-0.2, 0) is 4.79 Å². The van der Waals surface area contributed by atoms with Gasteiger partial charge in [-0.3, -0.25) is 4.79 Å². The minimum atomic E-state index is -0.280. The minimum Gasteiger partial charge on any atom is -0.394 e. The number of rotatable bonds is 3. The van der Waals surface area contributed by atoms with Crippen LogP contribution >= 0.6 is 0 Å². The van der Waals surface area contributed by atoms with Crippen molar-refractivity contribution in [1.82, 2.24) is 4.90 Å². The van der Waals surface area contributed by atoms with Crippen molar-refractivity contribution in [2.45, 2.75) is 62.9 Å². The Kier molecular flexibility index (Phi) is 4.05. The van der Waals surface area contributed by atoms with Gasteiger partial charge in [0.05, 0.1) is 12.6 Å². The van der Waals surface area contributed by atoms with Gasteiger partial charge in [-0.1, -0.05) is 19.3 Å². The summed E-state index contributed by atoms with van der Waals surface area (Å²) >= 11 is 0. The molecule has 0 aromatic heterocycles. The first-order valence-electron chi connectivity index (χ1n) is 6.84. The first-order chi connectivity index (χ1) is 8.14. The lowest BCUT2D eigenvalue weighted by Gasteiger charge is -2.35. The highest BCUT2D eigenvalue weighted by atomic mass is 16.3. The molecule has 0 spiro atoms. The molecule has 2 rings (SSSR count). The highest BCUT2D eigenvalue weighted by molar-refractivity contribution is 5.78. The maximum atomic E-state index is 12.2. The second-order valence-corrected chi connectivity index (χ2v) is 5.67. The van der Waals surface area contributed by atoms with E-state index < -0.39 is 0 Å². The summed E-state index contributed by atoms with van der Waals surface area (Å²) in [6.07, 6.45) is 7.88. The Hall–Kier alpha value is -0.610. The molecular weight excluding hydrogens is 216 g/mol. The maximum Gasteiger partial charge on any atom is 0.224 e. The Morgan fingerprint density at radius 3 is 2.65 bits per heavy atom. The van der Waals surface area contributed by atoms with Gasteiger partial charge in [-0.25, -0.2) is 0 Å². The molecule has 0 aromatic rings. The van der Waals surface area contributed by atoms with Gasteiger partial charge in [-0.05, 0) is 25.7 Å². The van der Waals surface area contributed by atoms with Crippen molar-refractivity contribution in [3.63, 3.8) is 0 Å². The smallest absolute Gasteiger partial charge is 0.224 e. The number of amides is 1. The molecule has 17 heavy (non-hydrogen) atoms. The second-order valence-electron chi connectivity index (χ2n) is 5.67. The van der Waals surface area contributed by atoms with E-state index in [1.807, 2.05) is 4.90 Å². The molecule has 0 bridgehead atoms. The Morgan fingerprint density at radius 1 is 1.29 bits per heavy atom. The summed E-state index contributed by atoms with van der Waals surface area (Å²) in [4.78, 5) is 14.1. The molecule has 4 nitrogen and oxygen atoms in total. The van der Waals surface area contributed by atoms with Crippen LogP contribution in [0.3, 0.4) is 0 Å². The molecule has 1 saturated carbocycles. The number of hydrogen-bond donors (Lipinski definition) is 2. The van der Waals surface area contributed by atoms with E-state index in [1.54, 1.807) is 0 Å². The average molecular weight is 240 g/mol. The van der Waals surface area contributed by atoms with Crippen molar-refractivity contribution in [3.8, 4) is 0 Å². The van der Waals surface area contributed by atoms with Gasteiger partial charge in [-0.15, -0.1) is 0 Å². The molecule has 98 valence electrons. The summed E-state index contributed by atoms with van der Waals surface area (Å²) in [6, 6.07) is 0.0368. The van der Waals surface area contributed by atoms with E-state index in [9.17, 15) is 9.90 Å². The van der Waals surface area contributed by atoms with Crippen molar-refractivity contribution in [1.29, 1.82) is 0 Å². The van der Waals surface area contributed by atoms with Gasteiger partial charge in [-0.2, -0.15) is 0 Å². The van der Waals surface area contributed by atoms with E-state index in [-0.39, 0.29) is 24.1 Å². The molecular formula is C13H24N2O2. The fourth-order valence-electron chi connectivity index (χ4n) is 3.19. The lowest BCUT2D eigenvalue weighted by atomic mass is 9.80. The Balaban J connectivity index is 1.91. The number of nitrogens with zero attached hydrogens (tertiary/aromatic N) is 1. The predicted molar refractivity (Wildman–Crippen MR) is 66.4 cm³/mol. The minimum absolute atomic E-state index is 0.0368. The molecule has 1 heterocycles. The third kappa shape index (κ3) is 2.99. The van der Waals surface area contributed by atoms with Crippen LogP contribution in [0.1, 0.15) is 51.4 Å². The van der Waals surface area contributed by atoms with Gasteiger partial charge in [0.2, 0.25) is 5.91 Å². The fraction of sp³-hybridized carbons (Fsp3) is 0.923. The SMILES string of the molecule is NC1(CC(=O)N2CCCC2CO)CCCCC1. The zero-order valence-corrected chi connectivity index (χ0v) is 10.5. The monoisotopic (exact) mass is 240 g/mol. The molecule has 0 aromatic carbocycles. The zero-order valence-electron chi connectivity index (χ0n) is 10.5. The van der Waals surface area contributed by atoms with Crippen molar-refractivity contribution in [2.75, 3.05) is 13.2 Å². The van der Waals surface area contributed by atoms with E-state index in [0.29, 0.717) is 6.42 Å². The summed E-state index contributed by atoms with van der Waals surface area (Å²) < 4.78 is 0. The lowest BCUT2D eigenvalue weighted by molar-refractivity contribution is -0.134. The van der Waals surface area contributed by atoms with E-state index in [4.69, 9.17) is 5.73 Å². The molecule has 0 radical (unpaired) electrons. The van der Waals surface area contributed by atoms with Gasteiger partial charge in [0, 0.05) is 18.5 Å². The molecule has 3 N–H and O–H groups in total. The van der Waals surface area contributed by atoms with Crippen LogP contribution in [0.5, 0.6) is 0 Å². The first kappa shape index (κ1) is 12.8. The van der Waals surface area contributed by atoms with Crippen molar-refractivity contribution in [3.05, 3.63) is 0 Å². The number of carbonyl (C=O) groups excluding carboxylic acids is 1. The van der Waals surface area contributed by atoms with E-state index in [0.717, 1.165) is 45.1 Å². The van der Waals surface area contributed by atoms with Gasteiger partial charge >= 0.3 is 0 Å². The summed E-state index contributed by atoms with van der Waals surface area (Å²) in [5.41, 5.74) is 6.02. The van der Waals surface area contributed by atoms with Crippen LogP contribution in [0.25, 0.3) is 0 Å². The van der Waals surface area contributed by atoms with Crippen molar-refractivity contribution in [2.24, 2.45) is 5.73 Å². The third-order valence-electron chi connectivity index (χ3n) is 4.26. The summed E-state index contributed by atoms with van der Waals surface area (Å²) in [5.74, 6) is 0.144. The van der Waals surface area contributed by atoms with Crippen LogP contribution in [0.15, 0.2) is 0 Å². The summed E-state index contributed by atoms with van der Waals surface area (Å²) in [5, 5.41) is 9.23. The summed E-state index contributed by atoms with van der Waals surface area (Å²) in [7, 11) is 0. The fourth-order valence-corrected chi connectivity index (χ4v) is 3.19. The maximum absolute atomic E-state index is 12.2. The van der Waals surface area contributed by atoms with Gasteiger partial charge in [0.15, 0.2) is 0 Å². The lowest BCUT2D eigenvalue weighted by Crippen LogP contribution is -2.48. The number of hydrogen-bond acceptors (Lipinski definition) is 3. The summed E-state index contributed by atoms with van der Waals surface area (Å²) in [6.45, 7) is 0.878. The number of nitrogens with two attached hydrogens (primary N) is 1. The van der Waals surface area contributed by atoms with E-state index in [1.165, 1.54) is 6.42 Å². The molecule has 1 atom stereocenters. The van der Waals surface area contributed by atoms with Crippen LogP contribution in [-0.4, -0.2) is 40.6 Å². The van der Waals surface area contributed by atoms with E-state index in [2.05, 4.69) is 0 Å². The number of aliphatic hydroxyl groups is 1. The van der Waals surface area contributed by atoms with Gasteiger partial charge in [0.1, 0.15) is 0 Å². The number of carbonyl (C=O) groups is 1. The Bertz CT molecular complexity index is 275. The average Bonchev–Trinajstić information content (AvgIpc) is 2.77. The molecule has 4 heteroatoms. The molecule has 1 amide bonds. The molecule has 1 aliphatic heterocycles. The number of aliphatic hydroxyl groups excluding tert-OH is 1. The number of likely N-dealkylation sites (tertiary alicyclic amines) is 1. The first-order valence-corrected chi connectivity index (χ1v) is 6.84.